The first-order valence-corrected chi connectivity index (χ1v) is 15.2. The molecule has 2 aromatic carbocycles. The van der Waals surface area contributed by atoms with Crippen molar-refractivity contribution >= 4 is 28.3 Å². The van der Waals surface area contributed by atoms with E-state index >= 15 is 0 Å². The van der Waals surface area contributed by atoms with Crippen LogP contribution in [0.5, 0.6) is 0 Å². The van der Waals surface area contributed by atoms with Crippen LogP contribution in [0.15, 0.2) is 46.7 Å². The summed E-state index contributed by atoms with van der Waals surface area (Å²) in [6, 6.07) is 8.69. The monoisotopic (exact) mass is 628 g/mol. The molecule has 2 aliphatic rings. The Morgan fingerprint density at radius 1 is 1.21 bits per heavy atom. The molecule has 2 fully saturated rings. The van der Waals surface area contributed by atoms with Crippen LogP contribution in [0, 0.1) is 29.4 Å². The fourth-order valence-electron chi connectivity index (χ4n) is 4.69. The Balaban J connectivity index is 0.00000368. The molecule has 0 spiro atoms. The molecule has 1 aliphatic carbocycles. The molecule has 1 unspecified atom stereocenters. The van der Waals surface area contributed by atoms with Gasteiger partial charge in [0.1, 0.15) is 5.82 Å². The Morgan fingerprint density at radius 2 is 1.98 bits per heavy atom. The Morgan fingerprint density at radius 3 is 2.58 bits per heavy atom. The van der Waals surface area contributed by atoms with E-state index < -0.39 is 34.2 Å². The third-order valence-electron chi connectivity index (χ3n) is 7.14. The van der Waals surface area contributed by atoms with Crippen molar-refractivity contribution in [1.82, 2.24) is 14.8 Å². The molecule has 10 nitrogen and oxygen atoms in total. The largest absolute Gasteiger partial charge is 0.870 e. The number of hydrogen-bond donors (Lipinski definition) is 3. The molecule has 3 heterocycles. The molecular formula is C29H26F2N4O6S2. The first kappa shape index (κ1) is 30.6. The number of aromatic nitrogens is 3. The average molecular weight is 629 g/mol. The van der Waals surface area contributed by atoms with Gasteiger partial charge in [0.05, 0.1) is 30.2 Å². The summed E-state index contributed by atoms with van der Waals surface area (Å²) in [5, 5.41) is 31.8. The molecule has 6 rings (SSSR count). The van der Waals surface area contributed by atoms with Crippen LogP contribution in [0.3, 0.4) is 0 Å². The standard InChI is InChI=1S/C29H24F2N4O5S2.H2O/c30-21-5-4-19(12-18(21)7-8-29(38)14-40-15-29)26-20(9-17-3-6-25(42(32)39)22(31)10-17)24(11-16-1-2-16)35(34-26)28-33-23(13-41-28)27(36)37;/h3-6,10,12-13,16,38H,1-2,9,11,14-15H2,(H2,32,39)(H,36,37);1H2. The van der Waals surface area contributed by atoms with E-state index in [-0.39, 0.29) is 41.3 Å². The van der Waals surface area contributed by atoms with Gasteiger partial charge in [-0.3, -0.25) is 0 Å². The van der Waals surface area contributed by atoms with Gasteiger partial charge in [0.2, 0.25) is 10.0 Å². The molecular weight excluding hydrogens is 602 g/mol. The summed E-state index contributed by atoms with van der Waals surface area (Å²) in [6.45, 7) is 0.0839. The Kier molecular flexibility index (Phi) is 8.57. The summed E-state index contributed by atoms with van der Waals surface area (Å²) < 4.78 is 47.9. The van der Waals surface area contributed by atoms with Crippen molar-refractivity contribution in [3.63, 3.8) is 0 Å². The molecule has 4 aromatic rings. The lowest BCUT2D eigenvalue weighted by molar-refractivity contribution is -0.140. The summed E-state index contributed by atoms with van der Waals surface area (Å²) in [5.74, 6) is 3.36. The molecule has 0 amide bonds. The van der Waals surface area contributed by atoms with Crippen LogP contribution in [0.4, 0.5) is 8.78 Å². The Hall–Kier alpha value is -3.84. The predicted molar refractivity (Wildman–Crippen MR) is 154 cm³/mol. The minimum atomic E-state index is -2.36. The van der Waals surface area contributed by atoms with Crippen LogP contribution < -0.4 is 5.14 Å². The highest BCUT2D eigenvalue weighted by Crippen LogP contribution is 2.38. The second-order valence-electron chi connectivity index (χ2n) is 10.4. The third-order valence-corrected chi connectivity index (χ3v) is 8.80. The molecule has 5 N–H and O–H groups in total. The van der Waals surface area contributed by atoms with E-state index in [1.54, 1.807) is 16.8 Å². The lowest BCUT2D eigenvalue weighted by atomic mass is 9.96. The quantitative estimate of drug-likeness (QED) is 0.151. The highest BCUT2D eigenvalue weighted by Gasteiger charge is 2.34. The molecule has 2 aromatic heterocycles. The first-order chi connectivity index (χ1) is 20.1. The number of carboxylic acid groups (broad SMARTS) is 1. The normalized spacial score (nSPS) is 16.0. The van der Waals surface area contributed by atoms with Gasteiger partial charge >= 0.3 is 5.97 Å². The number of ether oxygens (including phenoxy) is 1. The van der Waals surface area contributed by atoms with Gasteiger partial charge in [0.15, 0.2) is 28.1 Å². The smallest absolute Gasteiger partial charge is 0.355 e. The number of thiol groups is 1. The zero-order chi connectivity index (χ0) is 29.6. The summed E-state index contributed by atoms with van der Waals surface area (Å²) in [5.41, 5.74) is 1.70. The third kappa shape index (κ3) is 6.42. The van der Waals surface area contributed by atoms with E-state index in [9.17, 15) is 28.0 Å². The number of thiazole rings is 1. The summed E-state index contributed by atoms with van der Waals surface area (Å²) in [6.07, 6.45) is 2.89. The summed E-state index contributed by atoms with van der Waals surface area (Å²) >= 11 is 1.13. The molecule has 1 aliphatic heterocycles. The van der Waals surface area contributed by atoms with Crippen molar-refractivity contribution in [3.05, 3.63) is 81.5 Å². The number of carbonyl (C=O) groups is 1. The zero-order valence-electron chi connectivity index (χ0n) is 22.5. The van der Waals surface area contributed by atoms with E-state index in [1.807, 2.05) is 0 Å². The van der Waals surface area contributed by atoms with Crippen molar-refractivity contribution in [3.8, 4) is 28.2 Å². The van der Waals surface area contributed by atoms with Gasteiger partial charge in [-0.1, -0.05) is 22.1 Å². The van der Waals surface area contributed by atoms with E-state index in [2.05, 4.69) is 16.8 Å². The van der Waals surface area contributed by atoms with Crippen molar-refractivity contribution in [2.24, 2.45) is 11.1 Å². The van der Waals surface area contributed by atoms with Gasteiger partial charge in [-0.25, -0.2) is 23.2 Å². The number of rotatable bonds is 8. The number of carboxylic acids is 1. The highest BCUT2D eigenvalue weighted by atomic mass is 32.2. The highest BCUT2D eigenvalue weighted by molar-refractivity contribution is 7.82. The van der Waals surface area contributed by atoms with Gasteiger partial charge in [0, 0.05) is 22.9 Å². The fourth-order valence-corrected chi connectivity index (χ4v) is 5.96. The van der Waals surface area contributed by atoms with Crippen LogP contribution in [0.1, 0.15) is 45.7 Å². The lowest BCUT2D eigenvalue weighted by Crippen LogP contribution is -2.48. The van der Waals surface area contributed by atoms with Crippen molar-refractivity contribution in [2.45, 2.75) is 36.2 Å². The predicted octanol–water partition coefficient (Wildman–Crippen LogP) is 3.38. The Bertz CT molecular complexity index is 1800. The number of hydrogen-bond acceptors (Lipinski definition) is 8. The van der Waals surface area contributed by atoms with Gasteiger partial charge in [-0.05, 0) is 61.1 Å². The first-order valence-electron chi connectivity index (χ1n) is 13.0. The van der Waals surface area contributed by atoms with Crippen molar-refractivity contribution < 1.29 is 38.2 Å². The van der Waals surface area contributed by atoms with Crippen LogP contribution in [0.2, 0.25) is 0 Å². The topological polar surface area (TPSA) is 171 Å². The molecule has 14 heteroatoms. The van der Waals surface area contributed by atoms with Gasteiger partial charge < -0.3 is 20.4 Å². The average Bonchev–Trinajstić information content (AvgIpc) is 3.49. The molecule has 1 saturated heterocycles. The minimum Gasteiger partial charge on any atom is -0.870 e. The minimum absolute atomic E-state index is 0. The number of halogens is 2. The summed E-state index contributed by atoms with van der Waals surface area (Å²) in [7, 11) is -2.36. The maximum atomic E-state index is 14.8. The maximum Gasteiger partial charge on any atom is 0.355 e. The second-order valence-corrected chi connectivity index (χ2v) is 12.4. The SMILES string of the molecule is N[SH+](=O)c1ccc(Cc2c(-c3ccc(F)c(C#CC4(O)COC4)c3)nn(-c3nc(C(=O)O)cs3)c2CC2CC2)cc1F.[OH-]. The molecule has 0 radical (unpaired) electrons. The molecule has 0 bridgehead atoms. The van der Waals surface area contributed by atoms with E-state index in [4.69, 9.17) is 15.0 Å². The molecule has 1 saturated carbocycles. The number of aromatic carboxylic acids is 1. The van der Waals surface area contributed by atoms with Crippen molar-refractivity contribution in [2.75, 3.05) is 13.2 Å². The number of aliphatic hydroxyl groups is 1. The van der Waals surface area contributed by atoms with Gasteiger partial charge in [-0.15, -0.1) is 16.5 Å². The molecule has 224 valence electrons. The van der Waals surface area contributed by atoms with Gasteiger partial charge in [0.25, 0.3) is 0 Å². The molecule has 1 atom stereocenters. The fraction of sp³-hybridized carbons (Fsp3) is 0.276. The van der Waals surface area contributed by atoms with Crippen molar-refractivity contribution in [1.29, 1.82) is 0 Å². The van der Waals surface area contributed by atoms with Gasteiger partial charge in [-0.2, -0.15) is 5.10 Å². The van der Waals surface area contributed by atoms with Crippen LogP contribution >= 0.6 is 11.3 Å². The van der Waals surface area contributed by atoms with Crippen LogP contribution in [-0.4, -0.2) is 55.2 Å². The maximum absolute atomic E-state index is 14.8. The van der Waals surface area contributed by atoms with E-state index in [0.29, 0.717) is 34.3 Å². The lowest BCUT2D eigenvalue weighted by Gasteiger charge is -2.30. The number of benzene rings is 2. The summed E-state index contributed by atoms with van der Waals surface area (Å²) in [4.78, 5) is 15.7. The Labute approximate surface area is 251 Å². The number of nitrogens with two attached hydrogens (primary N) is 1. The van der Waals surface area contributed by atoms with E-state index in [1.165, 1.54) is 29.6 Å². The molecule has 43 heavy (non-hydrogen) atoms. The van der Waals surface area contributed by atoms with E-state index in [0.717, 1.165) is 35.4 Å². The second kappa shape index (κ2) is 12.0. The zero-order valence-corrected chi connectivity index (χ0v) is 24.2. The number of nitrogens with zero attached hydrogens (tertiary/aromatic N) is 3. The van der Waals surface area contributed by atoms with Crippen LogP contribution in [-0.2, 0) is 32.8 Å². The van der Waals surface area contributed by atoms with Crippen LogP contribution in [0.25, 0.3) is 16.4 Å².